The number of hydrogen-bond donors (Lipinski definition) is 2. The standard InChI is InChI=1S/C22H16N6S/c1-2-9-25-22(29)26-13-7-8-16-17(12-13)28-21-15-6-4-11-24-19(15)18-14(20(21)27-16)5-3-10-23-18/h2-8,10-12H,1,9H2,(H2,25,26,29). The summed E-state index contributed by atoms with van der Waals surface area (Å²) in [7, 11) is 0. The molecule has 0 aliphatic heterocycles. The molecule has 0 aliphatic carbocycles. The van der Waals surface area contributed by atoms with Crippen LogP contribution in [0, 0.1) is 0 Å². The van der Waals surface area contributed by atoms with Crippen LogP contribution in [0.2, 0.25) is 0 Å². The fraction of sp³-hybridized carbons (Fsp3) is 0.0455. The van der Waals surface area contributed by atoms with Crippen LogP contribution in [0.3, 0.4) is 0 Å². The lowest BCUT2D eigenvalue weighted by Gasteiger charge is -2.11. The van der Waals surface area contributed by atoms with Gasteiger partial charge in [-0.25, -0.2) is 9.97 Å². The van der Waals surface area contributed by atoms with Crippen molar-refractivity contribution in [2.75, 3.05) is 11.9 Å². The van der Waals surface area contributed by atoms with Gasteiger partial charge < -0.3 is 10.6 Å². The van der Waals surface area contributed by atoms with E-state index in [1.807, 2.05) is 42.5 Å². The Hall–Kier alpha value is -3.71. The largest absolute Gasteiger partial charge is 0.359 e. The quantitative estimate of drug-likeness (QED) is 0.203. The van der Waals surface area contributed by atoms with Gasteiger partial charge in [-0.15, -0.1) is 6.58 Å². The van der Waals surface area contributed by atoms with Crippen molar-refractivity contribution in [1.82, 2.24) is 25.3 Å². The molecule has 5 rings (SSSR count). The Labute approximate surface area is 171 Å². The molecule has 0 aliphatic rings. The van der Waals surface area contributed by atoms with Gasteiger partial charge >= 0.3 is 0 Å². The number of pyridine rings is 2. The van der Waals surface area contributed by atoms with Gasteiger partial charge in [0, 0.05) is 35.4 Å². The van der Waals surface area contributed by atoms with Gasteiger partial charge in [-0.1, -0.05) is 6.08 Å². The van der Waals surface area contributed by atoms with Gasteiger partial charge in [0.05, 0.1) is 33.1 Å². The van der Waals surface area contributed by atoms with Crippen LogP contribution in [-0.4, -0.2) is 31.6 Å². The molecule has 0 atom stereocenters. The highest BCUT2D eigenvalue weighted by Gasteiger charge is 2.13. The van der Waals surface area contributed by atoms with Crippen LogP contribution in [-0.2, 0) is 0 Å². The zero-order chi connectivity index (χ0) is 19.8. The maximum atomic E-state index is 5.30. The summed E-state index contributed by atoms with van der Waals surface area (Å²) in [5.41, 5.74) is 5.73. The topological polar surface area (TPSA) is 75.6 Å². The number of aromatic nitrogens is 4. The molecule has 0 amide bonds. The number of thiocarbonyl (C=S) groups is 1. The van der Waals surface area contributed by atoms with Gasteiger partial charge in [-0.3, -0.25) is 9.97 Å². The molecule has 0 radical (unpaired) electrons. The summed E-state index contributed by atoms with van der Waals surface area (Å²) in [6.45, 7) is 4.28. The third kappa shape index (κ3) is 3.01. The summed E-state index contributed by atoms with van der Waals surface area (Å²) in [6, 6.07) is 13.7. The van der Waals surface area contributed by atoms with Crippen molar-refractivity contribution in [1.29, 1.82) is 0 Å². The van der Waals surface area contributed by atoms with Crippen LogP contribution in [0.25, 0.3) is 43.9 Å². The van der Waals surface area contributed by atoms with Crippen LogP contribution >= 0.6 is 12.2 Å². The molecule has 0 saturated carbocycles. The lowest BCUT2D eigenvalue weighted by atomic mass is 10.1. The zero-order valence-electron chi connectivity index (χ0n) is 15.4. The number of hydrogen-bond acceptors (Lipinski definition) is 5. The maximum Gasteiger partial charge on any atom is 0.171 e. The minimum Gasteiger partial charge on any atom is -0.359 e. The molecule has 29 heavy (non-hydrogen) atoms. The van der Waals surface area contributed by atoms with Crippen LogP contribution in [0.15, 0.2) is 67.5 Å². The van der Waals surface area contributed by atoms with Crippen molar-refractivity contribution < 1.29 is 0 Å². The van der Waals surface area contributed by atoms with E-state index in [9.17, 15) is 0 Å². The van der Waals surface area contributed by atoms with Crippen molar-refractivity contribution in [3.63, 3.8) is 0 Å². The summed E-state index contributed by atoms with van der Waals surface area (Å²) < 4.78 is 0. The van der Waals surface area contributed by atoms with Gasteiger partial charge in [-0.2, -0.15) is 0 Å². The van der Waals surface area contributed by atoms with Crippen LogP contribution in [0.1, 0.15) is 0 Å². The average Bonchev–Trinajstić information content (AvgIpc) is 2.77. The molecule has 2 N–H and O–H groups in total. The Morgan fingerprint density at radius 2 is 1.55 bits per heavy atom. The Balaban J connectivity index is 1.74. The first-order valence-corrected chi connectivity index (χ1v) is 9.54. The highest BCUT2D eigenvalue weighted by molar-refractivity contribution is 7.80. The van der Waals surface area contributed by atoms with Gasteiger partial charge in [-0.05, 0) is 54.7 Å². The van der Waals surface area contributed by atoms with E-state index >= 15 is 0 Å². The summed E-state index contributed by atoms with van der Waals surface area (Å²) in [5, 5.41) is 8.63. The highest BCUT2D eigenvalue weighted by Crippen LogP contribution is 2.32. The minimum atomic E-state index is 0.532. The van der Waals surface area contributed by atoms with E-state index in [2.05, 4.69) is 27.2 Å². The number of nitrogens with zero attached hydrogens (tertiary/aromatic N) is 4. The number of anilines is 1. The third-order valence-electron chi connectivity index (χ3n) is 4.68. The number of fused-ring (bicyclic) bond motifs is 7. The van der Waals surface area contributed by atoms with E-state index in [0.29, 0.717) is 11.7 Å². The van der Waals surface area contributed by atoms with E-state index in [0.717, 1.165) is 49.6 Å². The van der Waals surface area contributed by atoms with Crippen molar-refractivity contribution in [3.8, 4) is 0 Å². The van der Waals surface area contributed by atoms with Gasteiger partial charge in [0.2, 0.25) is 0 Å². The van der Waals surface area contributed by atoms with Crippen LogP contribution < -0.4 is 10.6 Å². The lowest BCUT2D eigenvalue weighted by Crippen LogP contribution is -2.28. The minimum absolute atomic E-state index is 0.532. The SMILES string of the molecule is C=CCNC(=S)Nc1ccc2nc3c4cccnc4c4ncccc4c3nc2c1. The summed E-state index contributed by atoms with van der Waals surface area (Å²) >= 11 is 5.30. The first-order valence-electron chi connectivity index (χ1n) is 9.13. The van der Waals surface area contributed by atoms with Crippen molar-refractivity contribution in [2.45, 2.75) is 0 Å². The summed E-state index contributed by atoms with van der Waals surface area (Å²) in [5.74, 6) is 0. The van der Waals surface area contributed by atoms with E-state index in [4.69, 9.17) is 22.2 Å². The molecule has 7 heteroatoms. The molecule has 2 aromatic carbocycles. The smallest absolute Gasteiger partial charge is 0.171 e. The second-order valence-electron chi connectivity index (χ2n) is 6.55. The zero-order valence-corrected chi connectivity index (χ0v) is 16.2. The van der Waals surface area contributed by atoms with E-state index < -0.39 is 0 Å². The Morgan fingerprint density at radius 1 is 0.897 bits per heavy atom. The summed E-state index contributed by atoms with van der Waals surface area (Å²) in [6.07, 6.45) is 5.30. The molecule has 140 valence electrons. The van der Waals surface area contributed by atoms with Crippen molar-refractivity contribution in [3.05, 3.63) is 67.5 Å². The van der Waals surface area contributed by atoms with Crippen molar-refractivity contribution >= 4 is 66.9 Å². The Bertz CT molecular complexity index is 1430. The second kappa shape index (κ2) is 7.03. The monoisotopic (exact) mass is 396 g/mol. The average molecular weight is 396 g/mol. The molecule has 0 unspecified atom stereocenters. The molecular weight excluding hydrogens is 380 g/mol. The molecular formula is C22H16N6S. The maximum absolute atomic E-state index is 5.30. The molecule has 6 nitrogen and oxygen atoms in total. The first-order chi connectivity index (χ1) is 14.2. The number of nitrogens with one attached hydrogen (secondary N) is 2. The Kier molecular flexibility index (Phi) is 4.22. The molecule has 0 fully saturated rings. The van der Waals surface area contributed by atoms with Gasteiger partial charge in [0.1, 0.15) is 0 Å². The van der Waals surface area contributed by atoms with E-state index in [1.54, 1.807) is 18.5 Å². The molecule has 3 heterocycles. The fourth-order valence-corrected chi connectivity index (χ4v) is 3.62. The molecule has 0 bridgehead atoms. The predicted molar refractivity (Wildman–Crippen MR) is 122 cm³/mol. The molecule has 5 aromatic rings. The first kappa shape index (κ1) is 17.4. The normalized spacial score (nSPS) is 11.2. The van der Waals surface area contributed by atoms with Crippen LogP contribution in [0.5, 0.6) is 0 Å². The van der Waals surface area contributed by atoms with Crippen LogP contribution in [0.4, 0.5) is 5.69 Å². The Morgan fingerprint density at radius 3 is 2.21 bits per heavy atom. The van der Waals surface area contributed by atoms with E-state index in [-0.39, 0.29) is 0 Å². The van der Waals surface area contributed by atoms with Crippen molar-refractivity contribution in [2.24, 2.45) is 0 Å². The molecule has 0 saturated heterocycles. The molecule has 0 spiro atoms. The van der Waals surface area contributed by atoms with Gasteiger partial charge in [0.15, 0.2) is 5.11 Å². The third-order valence-corrected chi connectivity index (χ3v) is 4.93. The van der Waals surface area contributed by atoms with E-state index in [1.165, 1.54) is 0 Å². The second-order valence-corrected chi connectivity index (χ2v) is 6.96. The molecule has 3 aromatic heterocycles. The summed E-state index contributed by atoms with van der Waals surface area (Å²) in [4.78, 5) is 18.9. The lowest BCUT2D eigenvalue weighted by molar-refractivity contribution is 1.06. The predicted octanol–water partition coefficient (Wildman–Crippen LogP) is 4.35. The number of benzene rings is 2. The number of rotatable bonds is 3. The fourth-order valence-electron chi connectivity index (χ4n) is 3.42. The highest BCUT2D eigenvalue weighted by atomic mass is 32.1. The van der Waals surface area contributed by atoms with Gasteiger partial charge in [0.25, 0.3) is 0 Å².